The normalized spacial score (nSPS) is 25.8. The average molecular weight is 179 g/mol. The third-order valence-electron chi connectivity index (χ3n) is 2.18. The lowest BCUT2D eigenvalue weighted by Gasteiger charge is -2.23. The molecule has 0 radical (unpaired) electrons. The Kier molecular flexibility index (Phi) is 1.65. The van der Waals surface area contributed by atoms with E-state index < -0.39 is 11.9 Å². The van der Waals surface area contributed by atoms with Gasteiger partial charge >= 0.3 is 0 Å². The Hall–Kier alpha value is -1.65. The second-order valence-electron chi connectivity index (χ2n) is 3.03. The summed E-state index contributed by atoms with van der Waals surface area (Å²) in [5, 5.41) is 0. The van der Waals surface area contributed by atoms with Crippen LogP contribution in [-0.2, 0) is 9.59 Å². The molecule has 5 heteroatoms. The molecule has 0 saturated carbocycles. The summed E-state index contributed by atoms with van der Waals surface area (Å²) in [4.78, 5) is 27.9. The number of hydrogen-bond acceptors (Lipinski definition) is 4. The summed E-state index contributed by atoms with van der Waals surface area (Å²) >= 11 is 0. The Labute approximate surface area is 74.9 Å². The summed E-state index contributed by atoms with van der Waals surface area (Å²) in [5.41, 5.74) is 5.11. The Morgan fingerprint density at radius 2 is 2.46 bits per heavy atom. The van der Waals surface area contributed by atoms with E-state index in [0.717, 1.165) is 0 Å². The van der Waals surface area contributed by atoms with E-state index in [1.54, 1.807) is 17.2 Å². The highest BCUT2D eigenvalue weighted by Crippen LogP contribution is 2.18. The van der Waals surface area contributed by atoms with E-state index in [2.05, 4.69) is 4.99 Å². The molecule has 1 fully saturated rings. The Bertz CT molecular complexity index is 332. The summed E-state index contributed by atoms with van der Waals surface area (Å²) in [7, 11) is 0. The topological polar surface area (TPSA) is 75.8 Å². The van der Waals surface area contributed by atoms with Gasteiger partial charge < -0.3 is 10.6 Å². The van der Waals surface area contributed by atoms with E-state index in [-0.39, 0.29) is 12.2 Å². The molecule has 5 nitrogen and oxygen atoms in total. The first-order valence-corrected chi connectivity index (χ1v) is 4.00. The van der Waals surface area contributed by atoms with Crippen LogP contribution in [0.5, 0.6) is 0 Å². The average Bonchev–Trinajstić information content (AvgIpc) is 2.39. The third kappa shape index (κ3) is 1.12. The fourth-order valence-corrected chi connectivity index (χ4v) is 1.62. The summed E-state index contributed by atoms with van der Waals surface area (Å²) < 4.78 is 0. The molecule has 2 heterocycles. The number of primary amides is 1. The van der Waals surface area contributed by atoms with Gasteiger partial charge in [0.1, 0.15) is 5.84 Å². The van der Waals surface area contributed by atoms with Crippen LogP contribution in [0.1, 0.15) is 6.42 Å². The van der Waals surface area contributed by atoms with E-state index in [1.165, 1.54) is 0 Å². The number of Topliss-reactive ketones (excluding diaryl/α,β-unsaturated/α-hetero) is 1. The van der Waals surface area contributed by atoms with Gasteiger partial charge in [-0.05, 0) is 6.08 Å². The number of nitrogens with zero attached hydrogens (tertiary/aromatic N) is 2. The molecule has 1 unspecified atom stereocenters. The highest BCUT2D eigenvalue weighted by atomic mass is 16.2. The van der Waals surface area contributed by atoms with E-state index in [9.17, 15) is 9.59 Å². The molecule has 13 heavy (non-hydrogen) atoms. The van der Waals surface area contributed by atoms with Crippen molar-refractivity contribution in [3.8, 4) is 0 Å². The lowest BCUT2D eigenvalue weighted by molar-refractivity contribution is -0.129. The quantitative estimate of drug-likeness (QED) is 0.527. The second kappa shape index (κ2) is 2.69. The van der Waals surface area contributed by atoms with Gasteiger partial charge in [0, 0.05) is 12.7 Å². The predicted octanol–water partition coefficient (Wildman–Crippen LogP) is -0.959. The molecule has 2 aliphatic heterocycles. The van der Waals surface area contributed by atoms with Gasteiger partial charge in [-0.25, -0.2) is 4.99 Å². The molecular formula is C8H9N3O2. The summed E-state index contributed by atoms with van der Waals surface area (Å²) in [6.45, 7) is 0.540. The van der Waals surface area contributed by atoms with Crippen molar-refractivity contribution < 1.29 is 9.59 Å². The van der Waals surface area contributed by atoms with Crippen molar-refractivity contribution >= 4 is 17.5 Å². The lowest BCUT2D eigenvalue weighted by atomic mass is 10.2. The number of ketones is 1. The number of nitrogens with two attached hydrogens (primary N) is 1. The van der Waals surface area contributed by atoms with Crippen molar-refractivity contribution in [1.82, 2.24) is 4.90 Å². The van der Waals surface area contributed by atoms with E-state index in [0.29, 0.717) is 12.4 Å². The molecule has 2 rings (SSSR count). The van der Waals surface area contributed by atoms with Crippen LogP contribution in [0.3, 0.4) is 0 Å². The van der Waals surface area contributed by atoms with Crippen molar-refractivity contribution in [2.75, 3.05) is 6.54 Å². The van der Waals surface area contributed by atoms with Gasteiger partial charge in [-0.15, -0.1) is 0 Å². The van der Waals surface area contributed by atoms with Gasteiger partial charge in [0.25, 0.3) is 0 Å². The zero-order valence-corrected chi connectivity index (χ0v) is 6.93. The van der Waals surface area contributed by atoms with Gasteiger partial charge in [0.15, 0.2) is 11.8 Å². The van der Waals surface area contributed by atoms with Crippen molar-refractivity contribution in [3.63, 3.8) is 0 Å². The van der Waals surface area contributed by atoms with Crippen molar-refractivity contribution in [3.05, 3.63) is 12.3 Å². The van der Waals surface area contributed by atoms with E-state index >= 15 is 0 Å². The molecule has 68 valence electrons. The summed E-state index contributed by atoms with van der Waals surface area (Å²) in [6, 6.07) is -0.802. The molecule has 0 aromatic carbocycles. The number of amidine groups is 1. The van der Waals surface area contributed by atoms with Crippen LogP contribution in [0.15, 0.2) is 17.3 Å². The standard InChI is InChI=1S/C8H9N3O2/c9-8(13)7-5(12)4-6-10-2-1-3-11(6)7/h1-2,7H,3-4H2,(H2,9,13). The predicted molar refractivity (Wildman–Crippen MR) is 45.9 cm³/mol. The largest absolute Gasteiger partial charge is 0.367 e. The lowest BCUT2D eigenvalue weighted by Crippen LogP contribution is -2.45. The molecule has 1 atom stereocenters. The van der Waals surface area contributed by atoms with Gasteiger partial charge in [0.05, 0.1) is 6.42 Å². The van der Waals surface area contributed by atoms with Crippen LogP contribution < -0.4 is 5.73 Å². The minimum absolute atomic E-state index is 0.157. The monoisotopic (exact) mass is 179 g/mol. The first-order valence-electron chi connectivity index (χ1n) is 4.00. The molecule has 0 aromatic rings. The molecule has 0 aromatic heterocycles. The maximum absolute atomic E-state index is 11.3. The Morgan fingerprint density at radius 1 is 1.69 bits per heavy atom. The van der Waals surface area contributed by atoms with Crippen molar-refractivity contribution in [2.45, 2.75) is 12.5 Å². The molecule has 0 bridgehead atoms. The first-order chi connectivity index (χ1) is 6.20. The zero-order chi connectivity index (χ0) is 9.42. The molecule has 2 aliphatic rings. The number of aliphatic imine (C=N–C) groups is 1. The van der Waals surface area contributed by atoms with Crippen LogP contribution in [0.25, 0.3) is 0 Å². The zero-order valence-electron chi connectivity index (χ0n) is 6.93. The number of hydrogen-bond donors (Lipinski definition) is 1. The number of fused-ring (bicyclic) bond motifs is 1. The van der Waals surface area contributed by atoms with Gasteiger partial charge in [-0.3, -0.25) is 9.59 Å². The van der Waals surface area contributed by atoms with Crippen LogP contribution in [-0.4, -0.2) is 35.0 Å². The molecule has 2 N–H and O–H groups in total. The SMILES string of the molecule is NC(=O)C1C(=O)CC2=NC=CCN21. The smallest absolute Gasteiger partial charge is 0.247 e. The van der Waals surface area contributed by atoms with Crippen molar-refractivity contribution in [1.29, 1.82) is 0 Å². The van der Waals surface area contributed by atoms with Crippen molar-refractivity contribution in [2.24, 2.45) is 10.7 Å². The number of carbonyl (C=O) groups is 2. The molecule has 0 aliphatic carbocycles. The fraction of sp³-hybridized carbons (Fsp3) is 0.375. The van der Waals surface area contributed by atoms with Crippen LogP contribution >= 0.6 is 0 Å². The second-order valence-corrected chi connectivity index (χ2v) is 3.03. The third-order valence-corrected chi connectivity index (χ3v) is 2.18. The maximum atomic E-state index is 11.3. The van der Waals surface area contributed by atoms with E-state index in [4.69, 9.17) is 5.73 Å². The molecule has 1 saturated heterocycles. The van der Waals surface area contributed by atoms with Gasteiger partial charge in [-0.2, -0.15) is 0 Å². The molecule has 0 spiro atoms. The highest BCUT2D eigenvalue weighted by molar-refractivity contribution is 6.19. The van der Waals surface area contributed by atoms with Crippen LogP contribution in [0.2, 0.25) is 0 Å². The molecule has 1 amide bonds. The number of rotatable bonds is 1. The minimum atomic E-state index is -0.802. The van der Waals surface area contributed by atoms with Crippen LogP contribution in [0.4, 0.5) is 0 Å². The number of carbonyl (C=O) groups excluding carboxylic acids is 2. The fourth-order valence-electron chi connectivity index (χ4n) is 1.62. The highest BCUT2D eigenvalue weighted by Gasteiger charge is 2.40. The maximum Gasteiger partial charge on any atom is 0.247 e. The van der Waals surface area contributed by atoms with Crippen LogP contribution in [0, 0.1) is 0 Å². The van der Waals surface area contributed by atoms with Gasteiger partial charge in [0.2, 0.25) is 5.91 Å². The minimum Gasteiger partial charge on any atom is -0.367 e. The Balaban J connectivity index is 2.32. The van der Waals surface area contributed by atoms with E-state index in [1.807, 2.05) is 0 Å². The first kappa shape index (κ1) is 7.97. The summed E-state index contributed by atoms with van der Waals surface area (Å²) in [6.07, 6.45) is 3.65. The molecular weight excluding hydrogens is 170 g/mol. The van der Waals surface area contributed by atoms with Gasteiger partial charge in [-0.1, -0.05) is 0 Å². The summed E-state index contributed by atoms with van der Waals surface area (Å²) in [5.74, 6) is -0.100. The Morgan fingerprint density at radius 3 is 3.15 bits per heavy atom. The number of amides is 1.